The van der Waals surface area contributed by atoms with Gasteiger partial charge in [0, 0.05) is 23.2 Å². The van der Waals surface area contributed by atoms with Crippen LogP contribution < -0.4 is 0 Å². The molecule has 0 aromatic heterocycles. The molecule has 0 fully saturated rings. The maximum absolute atomic E-state index is 11.9. The molecule has 82 valence electrons. The Morgan fingerprint density at radius 2 is 1.80 bits per heavy atom. The molecule has 6 heteroatoms. The summed E-state index contributed by atoms with van der Waals surface area (Å²) in [5, 5.41) is -1.01. The highest BCUT2D eigenvalue weighted by atomic mass is 35.5. The molecule has 0 bridgehead atoms. The minimum atomic E-state index is -4.54. The van der Waals surface area contributed by atoms with Crippen molar-refractivity contribution < 1.29 is 18.0 Å². The summed E-state index contributed by atoms with van der Waals surface area (Å²) in [6.07, 6.45) is 0. The van der Waals surface area contributed by atoms with Crippen LogP contribution in [0.5, 0.6) is 0 Å². The highest BCUT2D eigenvalue weighted by Gasteiger charge is 2.33. The number of halogens is 4. The molecule has 0 heterocycles. The van der Waals surface area contributed by atoms with Crippen molar-refractivity contribution in [3.8, 4) is 0 Å². The van der Waals surface area contributed by atoms with Crippen molar-refractivity contribution >= 4 is 28.5 Å². The van der Waals surface area contributed by atoms with Crippen LogP contribution in [0, 0.1) is 0 Å². The van der Waals surface area contributed by atoms with Gasteiger partial charge in [-0.2, -0.15) is 13.2 Å². The van der Waals surface area contributed by atoms with Gasteiger partial charge in [-0.1, -0.05) is 24.3 Å². The number of carbonyl (C=O) groups is 1. The van der Waals surface area contributed by atoms with Crippen LogP contribution in [0.25, 0.3) is 0 Å². The Bertz CT molecular complexity index is 347. The van der Waals surface area contributed by atoms with Gasteiger partial charge in [0.25, 0.3) is 0 Å². The second-order valence-electron chi connectivity index (χ2n) is 2.67. The zero-order valence-corrected chi connectivity index (χ0v) is 8.92. The summed E-state index contributed by atoms with van der Waals surface area (Å²) < 4.78 is 35.6. The van der Waals surface area contributed by atoms with Gasteiger partial charge in [0.05, 0.1) is 0 Å². The second-order valence-corrected chi connectivity index (χ2v) is 3.97. The lowest BCUT2D eigenvalue weighted by atomic mass is 10.2. The summed E-state index contributed by atoms with van der Waals surface area (Å²) in [7, 11) is 0. The summed E-state index contributed by atoms with van der Waals surface area (Å²) in [6.45, 7) is 0. The highest BCUT2D eigenvalue weighted by molar-refractivity contribution is 8.14. The van der Waals surface area contributed by atoms with Crippen LogP contribution in [-0.4, -0.2) is 10.6 Å². The molecule has 0 atom stereocenters. The minimum absolute atomic E-state index is 0.0196. The van der Waals surface area contributed by atoms with Crippen molar-refractivity contribution in [3.63, 3.8) is 0 Å². The summed E-state index contributed by atoms with van der Waals surface area (Å²) in [5.41, 5.74) is -3.76. The van der Waals surface area contributed by atoms with Crippen molar-refractivity contribution in [2.45, 2.75) is 11.4 Å². The highest BCUT2D eigenvalue weighted by Crippen LogP contribution is 2.32. The van der Waals surface area contributed by atoms with E-state index in [1.54, 1.807) is 0 Å². The molecule has 1 rings (SSSR count). The fraction of sp³-hybridized carbons (Fsp3) is 0.222. The molecule has 0 amide bonds. The van der Waals surface area contributed by atoms with Gasteiger partial charge in [-0.05, 0) is 5.56 Å². The van der Waals surface area contributed by atoms with Gasteiger partial charge in [0.2, 0.25) is 5.12 Å². The van der Waals surface area contributed by atoms with Crippen LogP contribution >= 0.6 is 23.4 Å². The molecular weight excluding hydrogens is 249 g/mol. The smallest absolute Gasteiger partial charge is 0.281 e. The maximum Gasteiger partial charge on any atom is 0.449 e. The first-order valence-corrected chi connectivity index (χ1v) is 5.22. The van der Waals surface area contributed by atoms with E-state index in [2.05, 4.69) is 0 Å². The van der Waals surface area contributed by atoms with E-state index in [0.717, 1.165) is 5.56 Å². The van der Waals surface area contributed by atoms with Crippen LogP contribution in [-0.2, 0) is 5.88 Å². The zero-order valence-electron chi connectivity index (χ0n) is 7.34. The summed E-state index contributed by atoms with van der Waals surface area (Å²) in [5.74, 6) is 0.265. The third-order valence-corrected chi connectivity index (χ3v) is 2.51. The first kappa shape index (κ1) is 12.4. The molecule has 1 aromatic carbocycles. The molecular formula is C9H6ClF3OS. The quantitative estimate of drug-likeness (QED) is 0.747. The number of hydrogen-bond acceptors (Lipinski definition) is 2. The lowest BCUT2D eigenvalue weighted by Crippen LogP contribution is -2.06. The summed E-state index contributed by atoms with van der Waals surface area (Å²) in [4.78, 5) is 11.1. The average molecular weight is 255 g/mol. The van der Waals surface area contributed by atoms with E-state index < -0.39 is 22.4 Å². The number of hydrogen-bond donors (Lipinski definition) is 0. The van der Waals surface area contributed by atoms with E-state index in [1.165, 1.54) is 24.3 Å². The Labute approximate surface area is 93.6 Å². The Kier molecular flexibility index (Phi) is 4.04. The van der Waals surface area contributed by atoms with E-state index in [-0.39, 0.29) is 11.4 Å². The first-order valence-electron chi connectivity index (χ1n) is 3.87. The Hall–Kier alpha value is -0.680. The van der Waals surface area contributed by atoms with E-state index in [9.17, 15) is 18.0 Å². The van der Waals surface area contributed by atoms with Crippen molar-refractivity contribution in [2.75, 3.05) is 0 Å². The van der Waals surface area contributed by atoms with Crippen molar-refractivity contribution in [1.82, 2.24) is 0 Å². The maximum atomic E-state index is 11.9. The standard InChI is InChI=1S/C9H6ClF3OS/c10-5-6-1-3-7(4-2-6)8(14)15-9(11,12)13/h1-4H,5H2. The largest absolute Gasteiger partial charge is 0.449 e. The average Bonchev–Trinajstić information content (AvgIpc) is 2.15. The summed E-state index contributed by atoms with van der Waals surface area (Å²) >= 11 is 4.85. The molecule has 0 saturated heterocycles. The second kappa shape index (κ2) is 4.90. The molecule has 0 radical (unpaired) electrons. The molecule has 0 aliphatic heterocycles. The number of benzene rings is 1. The van der Waals surface area contributed by atoms with Gasteiger partial charge in [0.1, 0.15) is 0 Å². The number of alkyl halides is 4. The van der Waals surface area contributed by atoms with E-state index in [4.69, 9.17) is 11.6 Å². The van der Waals surface area contributed by atoms with Crippen LogP contribution in [0.15, 0.2) is 24.3 Å². The third kappa shape index (κ3) is 4.13. The van der Waals surface area contributed by atoms with Gasteiger partial charge >= 0.3 is 5.51 Å². The Morgan fingerprint density at radius 3 is 2.20 bits per heavy atom. The molecule has 1 nitrogen and oxygen atoms in total. The molecule has 0 aliphatic rings. The number of rotatable bonds is 2. The monoisotopic (exact) mass is 254 g/mol. The van der Waals surface area contributed by atoms with E-state index >= 15 is 0 Å². The van der Waals surface area contributed by atoms with Crippen LogP contribution in [0.1, 0.15) is 15.9 Å². The zero-order chi connectivity index (χ0) is 11.5. The third-order valence-electron chi connectivity index (χ3n) is 1.55. The van der Waals surface area contributed by atoms with Gasteiger partial charge in [-0.3, -0.25) is 4.79 Å². The van der Waals surface area contributed by atoms with Crippen LogP contribution in [0.3, 0.4) is 0 Å². The Balaban J connectivity index is 2.75. The Morgan fingerprint density at radius 1 is 1.27 bits per heavy atom. The topological polar surface area (TPSA) is 17.1 Å². The van der Waals surface area contributed by atoms with Gasteiger partial charge in [-0.25, -0.2) is 0 Å². The van der Waals surface area contributed by atoms with Crippen molar-refractivity contribution in [3.05, 3.63) is 35.4 Å². The van der Waals surface area contributed by atoms with Gasteiger partial charge < -0.3 is 0 Å². The molecule has 15 heavy (non-hydrogen) atoms. The lowest BCUT2D eigenvalue weighted by molar-refractivity contribution is -0.0322. The first-order chi connectivity index (χ1) is 6.92. The minimum Gasteiger partial charge on any atom is -0.281 e. The predicted molar refractivity (Wildman–Crippen MR) is 54.0 cm³/mol. The molecule has 1 aromatic rings. The van der Waals surface area contributed by atoms with Crippen molar-refractivity contribution in [1.29, 1.82) is 0 Å². The predicted octanol–water partition coefficient (Wildman–Crippen LogP) is 3.82. The van der Waals surface area contributed by atoms with Crippen LogP contribution in [0.2, 0.25) is 0 Å². The molecule has 0 aliphatic carbocycles. The molecule has 0 saturated carbocycles. The van der Waals surface area contributed by atoms with Gasteiger partial charge in [0.15, 0.2) is 0 Å². The van der Waals surface area contributed by atoms with Crippen molar-refractivity contribution in [2.24, 2.45) is 0 Å². The molecule has 0 N–H and O–H groups in total. The molecule has 0 unspecified atom stereocenters. The summed E-state index contributed by atoms with van der Waals surface area (Å²) in [6, 6.07) is 5.71. The fourth-order valence-corrected chi connectivity index (χ4v) is 1.54. The van der Waals surface area contributed by atoms with E-state index in [0.29, 0.717) is 0 Å². The fourth-order valence-electron chi connectivity index (χ4n) is 0.894. The van der Waals surface area contributed by atoms with E-state index in [1.807, 2.05) is 0 Å². The lowest BCUT2D eigenvalue weighted by Gasteiger charge is -2.04. The SMILES string of the molecule is O=C(SC(F)(F)F)c1ccc(CCl)cc1. The number of carbonyl (C=O) groups excluding carboxylic acids is 1. The number of thioether (sulfide) groups is 1. The van der Waals surface area contributed by atoms with Crippen LogP contribution in [0.4, 0.5) is 13.2 Å². The normalized spacial score (nSPS) is 11.5. The molecule has 0 spiro atoms. The van der Waals surface area contributed by atoms with Gasteiger partial charge in [-0.15, -0.1) is 11.6 Å².